The average Bonchev–Trinajstić information content (AvgIpc) is 3.32. The Balaban J connectivity index is 1.39. The van der Waals surface area contributed by atoms with E-state index in [4.69, 9.17) is 4.98 Å². The molecule has 1 aliphatic carbocycles. The van der Waals surface area contributed by atoms with Crippen molar-refractivity contribution in [3.05, 3.63) is 87.5 Å². The van der Waals surface area contributed by atoms with Crippen LogP contribution < -0.4 is 11.0 Å². The molecule has 1 atom stereocenters. The maximum absolute atomic E-state index is 15.8. The van der Waals surface area contributed by atoms with E-state index in [1.165, 1.54) is 28.3 Å². The zero-order chi connectivity index (χ0) is 27.0. The standard InChI is InChI=1S/C29H29F2N7O/c1-16-12-20(13-17(2)25(16)30)28-34-22-8-9-32-18(3)27(22)38(28)37-11-10-35(29(37)39)24-7-6-23-21(26(24)31)14-33-36(23)15-19-4-5-19/h6-7,10-14,18-19,32H,4-5,8-9,15H2,1-3H3/t18-/m0/s1. The molecule has 5 aromatic rings. The lowest BCUT2D eigenvalue weighted by molar-refractivity contribution is 0.479. The third-order valence-corrected chi connectivity index (χ3v) is 7.99. The van der Waals surface area contributed by atoms with Gasteiger partial charge in [-0.05, 0) is 74.9 Å². The van der Waals surface area contributed by atoms with Crippen molar-refractivity contribution in [3.63, 3.8) is 0 Å². The van der Waals surface area contributed by atoms with Crippen LogP contribution >= 0.6 is 0 Å². The summed E-state index contributed by atoms with van der Waals surface area (Å²) in [6.45, 7) is 7.01. The Morgan fingerprint density at radius 3 is 2.59 bits per heavy atom. The summed E-state index contributed by atoms with van der Waals surface area (Å²) in [5.74, 6) is 0.403. The zero-order valence-corrected chi connectivity index (χ0v) is 22.1. The maximum Gasteiger partial charge on any atom is 0.352 e. The molecule has 4 heterocycles. The predicted molar refractivity (Wildman–Crippen MR) is 144 cm³/mol. The third-order valence-electron chi connectivity index (χ3n) is 7.99. The molecular formula is C29H29F2N7O. The molecule has 3 aromatic heterocycles. The lowest BCUT2D eigenvalue weighted by atomic mass is 10.1. The number of halogens is 2. The number of hydrogen-bond acceptors (Lipinski definition) is 4. The molecule has 0 bridgehead atoms. The Labute approximate surface area is 223 Å². The van der Waals surface area contributed by atoms with Gasteiger partial charge in [-0.15, -0.1) is 0 Å². The minimum absolute atomic E-state index is 0.0710. The second kappa shape index (κ2) is 8.74. The number of rotatable bonds is 5. The van der Waals surface area contributed by atoms with Gasteiger partial charge in [-0.25, -0.2) is 27.9 Å². The van der Waals surface area contributed by atoms with Gasteiger partial charge in [0.05, 0.1) is 34.2 Å². The molecule has 1 aliphatic heterocycles. The van der Waals surface area contributed by atoms with E-state index >= 15 is 4.39 Å². The van der Waals surface area contributed by atoms with Crippen molar-refractivity contribution in [2.45, 2.75) is 52.6 Å². The average molecular weight is 530 g/mol. The van der Waals surface area contributed by atoms with Crippen LogP contribution in [0.2, 0.25) is 0 Å². The second-order valence-electron chi connectivity index (χ2n) is 10.8. The highest BCUT2D eigenvalue weighted by atomic mass is 19.1. The van der Waals surface area contributed by atoms with Gasteiger partial charge < -0.3 is 5.32 Å². The van der Waals surface area contributed by atoms with Crippen molar-refractivity contribution in [1.82, 2.24) is 34.0 Å². The van der Waals surface area contributed by atoms with Crippen LogP contribution in [0.25, 0.3) is 28.0 Å². The number of aryl methyl sites for hydroxylation is 2. The third kappa shape index (κ3) is 3.76. The zero-order valence-electron chi connectivity index (χ0n) is 22.1. The minimum Gasteiger partial charge on any atom is -0.308 e. The van der Waals surface area contributed by atoms with Crippen LogP contribution in [0.5, 0.6) is 0 Å². The predicted octanol–water partition coefficient (Wildman–Crippen LogP) is 4.68. The lowest BCUT2D eigenvalue weighted by Gasteiger charge is -2.22. The van der Waals surface area contributed by atoms with Crippen LogP contribution in [0.3, 0.4) is 0 Å². The summed E-state index contributed by atoms with van der Waals surface area (Å²) < 4.78 is 36.6. The van der Waals surface area contributed by atoms with Crippen molar-refractivity contribution >= 4 is 10.9 Å². The SMILES string of the molecule is Cc1cc(-c2nc3c(n2-n2ccn(-c4ccc5c(cnn5CC5CC5)c4F)c2=O)[C@H](C)NCC3)cc(C)c1F. The monoisotopic (exact) mass is 529 g/mol. The first-order chi connectivity index (χ1) is 18.8. The van der Waals surface area contributed by atoms with E-state index in [2.05, 4.69) is 10.4 Å². The molecular weight excluding hydrogens is 500 g/mol. The highest BCUT2D eigenvalue weighted by molar-refractivity contribution is 5.82. The fraction of sp³-hybridized carbons (Fsp3) is 0.345. The van der Waals surface area contributed by atoms with E-state index in [0.29, 0.717) is 40.2 Å². The van der Waals surface area contributed by atoms with Crippen molar-refractivity contribution in [1.29, 1.82) is 0 Å². The molecule has 0 amide bonds. The van der Waals surface area contributed by atoms with Gasteiger partial charge in [-0.3, -0.25) is 9.25 Å². The largest absolute Gasteiger partial charge is 0.352 e. The summed E-state index contributed by atoms with van der Waals surface area (Å²) in [6, 6.07) is 6.89. The quantitative estimate of drug-likeness (QED) is 0.359. The molecule has 0 radical (unpaired) electrons. The van der Waals surface area contributed by atoms with Crippen molar-refractivity contribution in [3.8, 4) is 17.1 Å². The van der Waals surface area contributed by atoms with Crippen LogP contribution in [0.4, 0.5) is 8.78 Å². The van der Waals surface area contributed by atoms with Crippen LogP contribution in [-0.2, 0) is 13.0 Å². The van der Waals surface area contributed by atoms with Gasteiger partial charge in [0, 0.05) is 43.5 Å². The molecule has 7 rings (SSSR count). The topological polar surface area (TPSA) is 74.6 Å². The van der Waals surface area contributed by atoms with Crippen molar-refractivity contribution in [2.75, 3.05) is 6.54 Å². The summed E-state index contributed by atoms with van der Waals surface area (Å²) >= 11 is 0. The summed E-state index contributed by atoms with van der Waals surface area (Å²) in [6.07, 6.45) is 7.78. The molecule has 2 aliphatic rings. The van der Waals surface area contributed by atoms with Gasteiger partial charge >= 0.3 is 5.69 Å². The lowest BCUT2D eigenvalue weighted by Crippen LogP contribution is -2.34. The Morgan fingerprint density at radius 2 is 1.85 bits per heavy atom. The second-order valence-corrected chi connectivity index (χ2v) is 10.8. The Kier molecular flexibility index (Phi) is 5.38. The number of imidazole rings is 2. The van der Waals surface area contributed by atoms with E-state index in [-0.39, 0.29) is 17.5 Å². The van der Waals surface area contributed by atoms with Gasteiger partial charge in [0.25, 0.3) is 0 Å². The van der Waals surface area contributed by atoms with Crippen LogP contribution in [-0.4, -0.2) is 35.2 Å². The van der Waals surface area contributed by atoms with Gasteiger partial charge in [-0.2, -0.15) is 5.10 Å². The first-order valence-electron chi connectivity index (χ1n) is 13.4. The molecule has 8 nitrogen and oxygen atoms in total. The van der Waals surface area contributed by atoms with Crippen LogP contribution in [0.1, 0.15) is 48.3 Å². The van der Waals surface area contributed by atoms with Crippen LogP contribution in [0, 0.1) is 31.4 Å². The van der Waals surface area contributed by atoms with E-state index < -0.39 is 11.5 Å². The fourth-order valence-electron chi connectivity index (χ4n) is 5.76. The molecule has 0 saturated heterocycles. The van der Waals surface area contributed by atoms with Gasteiger partial charge in [-0.1, -0.05) is 0 Å². The molecule has 10 heteroatoms. The van der Waals surface area contributed by atoms with Crippen LogP contribution in [0.15, 0.2) is 47.7 Å². The number of fused-ring (bicyclic) bond motifs is 2. The normalized spacial score (nSPS) is 17.2. The Hall–Kier alpha value is -4.05. The summed E-state index contributed by atoms with van der Waals surface area (Å²) in [5, 5.41) is 8.23. The van der Waals surface area contributed by atoms with E-state index in [1.807, 2.05) is 17.7 Å². The number of aromatic nitrogens is 6. The number of hydrogen-bond donors (Lipinski definition) is 1. The van der Waals surface area contributed by atoms with Crippen molar-refractivity contribution in [2.24, 2.45) is 5.92 Å². The molecule has 1 fully saturated rings. The summed E-state index contributed by atoms with van der Waals surface area (Å²) in [4.78, 5) is 18.8. The molecule has 39 heavy (non-hydrogen) atoms. The summed E-state index contributed by atoms with van der Waals surface area (Å²) in [7, 11) is 0. The molecule has 2 aromatic carbocycles. The van der Waals surface area contributed by atoms with Crippen molar-refractivity contribution < 1.29 is 8.78 Å². The number of nitrogens with zero attached hydrogens (tertiary/aromatic N) is 6. The smallest absolute Gasteiger partial charge is 0.308 e. The molecule has 1 saturated carbocycles. The van der Waals surface area contributed by atoms with E-state index in [0.717, 1.165) is 30.0 Å². The number of nitrogens with one attached hydrogen (secondary N) is 1. The summed E-state index contributed by atoms with van der Waals surface area (Å²) in [5.41, 5.74) is 3.91. The van der Waals surface area contributed by atoms with Gasteiger partial charge in [0.15, 0.2) is 11.6 Å². The fourth-order valence-corrected chi connectivity index (χ4v) is 5.76. The van der Waals surface area contributed by atoms with E-state index in [1.54, 1.807) is 49.1 Å². The first kappa shape index (κ1) is 24.0. The molecule has 1 N–H and O–H groups in total. The minimum atomic E-state index is -0.484. The maximum atomic E-state index is 15.8. The van der Waals surface area contributed by atoms with Gasteiger partial charge in [0.2, 0.25) is 0 Å². The highest BCUT2D eigenvalue weighted by Gasteiger charge is 2.29. The number of benzene rings is 2. The first-order valence-corrected chi connectivity index (χ1v) is 13.4. The highest BCUT2D eigenvalue weighted by Crippen LogP contribution is 2.33. The molecule has 200 valence electrons. The Morgan fingerprint density at radius 1 is 1.08 bits per heavy atom. The van der Waals surface area contributed by atoms with E-state index in [9.17, 15) is 9.18 Å². The van der Waals surface area contributed by atoms with Gasteiger partial charge in [0.1, 0.15) is 5.82 Å². The molecule has 0 unspecified atom stereocenters. The Bertz CT molecular complexity index is 1800. The molecule has 0 spiro atoms.